The predicted octanol–water partition coefficient (Wildman–Crippen LogP) is 3.67. The van der Waals surface area contributed by atoms with Crippen LogP contribution in [0.15, 0.2) is 12.3 Å². The molecule has 1 aromatic heterocycles. The Bertz CT molecular complexity index is 323. The molecular weight excluding hydrogens is 219 g/mol. The van der Waals surface area contributed by atoms with Crippen LogP contribution in [0.5, 0.6) is 5.88 Å². The van der Waals surface area contributed by atoms with Crippen LogP contribution in [0.25, 0.3) is 0 Å². The standard InChI is InChI=1S/C9H10F3NO.C2H6/c1-6-3-7(2)8(13-4-6)14-5-9(10,11)12;1-2/h3-4H,5H2,1-2H3;1-2H3. The molecule has 0 amide bonds. The van der Waals surface area contributed by atoms with Crippen LogP contribution >= 0.6 is 0 Å². The van der Waals surface area contributed by atoms with Crippen LogP contribution in [0.1, 0.15) is 25.0 Å². The first kappa shape index (κ1) is 14.7. The zero-order chi connectivity index (χ0) is 12.8. The van der Waals surface area contributed by atoms with Gasteiger partial charge in [-0.2, -0.15) is 13.2 Å². The van der Waals surface area contributed by atoms with Crippen LogP contribution < -0.4 is 4.74 Å². The van der Waals surface area contributed by atoms with Gasteiger partial charge in [0.05, 0.1) is 0 Å². The molecule has 0 bridgehead atoms. The molecule has 0 unspecified atom stereocenters. The molecule has 0 radical (unpaired) electrons. The molecule has 1 aromatic rings. The van der Waals surface area contributed by atoms with E-state index in [-0.39, 0.29) is 5.88 Å². The molecule has 0 saturated carbocycles. The fourth-order valence-electron chi connectivity index (χ4n) is 1.00. The van der Waals surface area contributed by atoms with E-state index in [4.69, 9.17) is 0 Å². The van der Waals surface area contributed by atoms with Crippen LogP contribution in [-0.2, 0) is 0 Å². The lowest BCUT2D eigenvalue weighted by molar-refractivity contribution is -0.154. The molecule has 0 N–H and O–H groups in total. The number of hydrogen-bond acceptors (Lipinski definition) is 2. The van der Waals surface area contributed by atoms with Crippen molar-refractivity contribution in [3.05, 3.63) is 23.4 Å². The third-order valence-corrected chi connectivity index (χ3v) is 1.54. The van der Waals surface area contributed by atoms with Gasteiger partial charge in [-0.05, 0) is 25.5 Å². The first-order valence-corrected chi connectivity index (χ1v) is 5.01. The van der Waals surface area contributed by atoms with Crippen molar-refractivity contribution in [2.45, 2.75) is 33.9 Å². The molecule has 0 spiro atoms. The summed E-state index contributed by atoms with van der Waals surface area (Å²) in [7, 11) is 0. The number of pyridine rings is 1. The van der Waals surface area contributed by atoms with Crippen molar-refractivity contribution < 1.29 is 17.9 Å². The normalized spacial score (nSPS) is 10.4. The number of nitrogens with zero attached hydrogens (tertiary/aromatic N) is 1. The van der Waals surface area contributed by atoms with Crippen molar-refractivity contribution in [1.82, 2.24) is 4.98 Å². The lowest BCUT2D eigenvalue weighted by Gasteiger charge is -2.10. The quantitative estimate of drug-likeness (QED) is 0.780. The molecule has 2 nitrogen and oxygen atoms in total. The van der Waals surface area contributed by atoms with E-state index in [0.717, 1.165) is 5.56 Å². The molecule has 92 valence electrons. The van der Waals surface area contributed by atoms with Gasteiger partial charge in [0.25, 0.3) is 0 Å². The third-order valence-electron chi connectivity index (χ3n) is 1.54. The number of halogens is 3. The number of aromatic nitrogens is 1. The maximum absolute atomic E-state index is 11.8. The second kappa shape index (κ2) is 6.35. The summed E-state index contributed by atoms with van der Waals surface area (Å²) in [5.74, 6) is 0.0351. The molecule has 0 aromatic carbocycles. The van der Waals surface area contributed by atoms with E-state index in [1.807, 2.05) is 20.8 Å². The maximum Gasteiger partial charge on any atom is 0.422 e. The van der Waals surface area contributed by atoms with Crippen molar-refractivity contribution in [2.24, 2.45) is 0 Å². The number of hydrogen-bond donors (Lipinski definition) is 0. The smallest absolute Gasteiger partial charge is 0.422 e. The molecule has 0 fully saturated rings. The molecule has 0 atom stereocenters. The monoisotopic (exact) mass is 235 g/mol. The highest BCUT2D eigenvalue weighted by molar-refractivity contribution is 5.27. The molecule has 0 aliphatic rings. The van der Waals surface area contributed by atoms with Crippen molar-refractivity contribution in [2.75, 3.05) is 6.61 Å². The second-order valence-corrected chi connectivity index (χ2v) is 3.04. The Kier molecular flexibility index (Phi) is 5.85. The average molecular weight is 235 g/mol. The summed E-state index contributed by atoms with van der Waals surface area (Å²) in [6, 6.07) is 1.72. The van der Waals surface area contributed by atoms with E-state index in [1.54, 1.807) is 13.0 Å². The Balaban J connectivity index is 0.00000106. The molecule has 1 rings (SSSR count). The second-order valence-electron chi connectivity index (χ2n) is 3.04. The van der Waals surface area contributed by atoms with Gasteiger partial charge in [0.15, 0.2) is 6.61 Å². The Hall–Kier alpha value is -1.26. The summed E-state index contributed by atoms with van der Waals surface area (Å²) in [6.45, 7) is 6.17. The molecule has 0 aliphatic carbocycles. The molecule has 1 heterocycles. The summed E-state index contributed by atoms with van der Waals surface area (Å²) in [4.78, 5) is 3.76. The fourth-order valence-corrected chi connectivity index (χ4v) is 1.00. The lowest BCUT2D eigenvalue weighted by Crippen LogP contribution is -2.20. The van der Waals surface area contributed by atoms with E-state index in [9.17, 15) is 13.2 Å². The highest BCUT2D eigenvalue weighted by atomic mass is 19.4. The van der Waals surface area contributed by atoms with Crippen LogP contribution in [0.3, 0.4) is 0 Å². The van der Waals surface area contributed by atoms with E-state index >= 15 is 0 Å². The van der Waals surface area contributed by atoms with E-state index < -0.39 is 12.8 Å². The first-order chi connectivity index (χ1) is 7.38. The number of aryl methyl sites for hydroxylation is 2. The topological polar surface area (TPSA) is 22.1 Å². The van der Waals surface area contributed by atoms with E-state index in [1.165, 1.54) is 6.20 Å². The molecule has 0 saturated heterocycles. The van der Waals surface area contributed by atoms with Crippen LogP contribution in [-0.4, -0.2) is 17.8 Å². The zero-order valence-electron chi connectivity index (χ0n) is 9.85. The van der Waals surface area contributed by atoms with Crippen LogP contribution in [0, 0.1) is 13.8 Å². The number of ether oxygens (including phenoxy) is 1. The van der Waals surface area contributed by atoms with Crippen molar-refractivity contribution in [3.63, 3.8) is 0 Å². The van der Waals surface area contributed by atoms with Gasteiger partial charge in [0.1, 0.15) is 0 Å². The van der Waals surface area contributed by atoms with Gasteiger partial charge in [0, 0.05) is 11.8 Å². The first-order valence-electron chi connectivity index (χ1n) is 5.01. The van der Waals surface area contributed by atoms with Crippen LogP contribution in [0.4, 0.5) is 13.2 Å². The fraction of sp³-hybridized carbons (Fsp3) is 0.545. The van der Waals surface area contributed by atoms with Gasteiger partial charge in [-0.1, -0.05) is 13.8 Å². The molecule has 0 aliphatic heterocycles. The third kappa shape index (κ3) is 5.58. The molecular formula is C11H16F3NO. The van der Waals surface area contributed by atoms with Crippen molar-refractivity contribution in [3.8, 4) is 5.88 Å². The largest absolute Gasteiger partial charge is 0.468 e. The van der Waals surface area contributed by atoms with Gasteiger partial charge in [-0.25, -0.2) is 4.98 Å². The van der Waals surface area contributed by atoms with Gasteiger partial charge >= 0.3 is 6.18 Å². The number of rotatable bonds is 2. The summed E-state index contributed by atoms with van der Waals surface area (Å²) >= 11 is 0. The SMILES string of the molecule is CC.Cc1cnc(OCC(F)(F)F)c(C)c1. The minimum absolute atomic E-state index is 0.0351. The Labute approximate surface area is 93.5 Å². The summed E-state index contributed by atoms with van der Waals surface area (Å²) in [6.07, 6.45) is -2.85. The van der Waals surface area contributed by atoms with Crippen LogP contribution in [0.2, 0.25) is 0 Å². The van der Waals surface area contributed by atoms with Gasteiger partial charge in [0.2, 0.25) is 5.88 Å². The average Bonchev–Trinajstić information content (AvgIpc) is 2.18. The Morgan fingerprint density at radius 2 is 1.81 bits per heavy atom. The highest BCUT2D eigenvalue weighted by Gasteiger charge is 2.28. The summed E-state index contributed by atoms with van der Waals surface area (Å²) < 4.78 is 39.9. The van der Waals surface area contributed by atoms with Gasteiger partial charge in [-0.15, -0.1) is 0 Å². The Morgan fingerprint density at radius 3 is 2.25 bits per heavy atom. The highest BCUT2D eigenvalue weighted by Crippen LogP contribution is 2.19. The zero-order valence-corrected chi connectivity index (χ0v) is 9.85. The van der Waals surface area contributed by atoms with E-state index in [0.29, 0.717) is 5.56 Å². The molecule has 5 heteroatoms. The minimum atomic E-state index is -4.32. The molecule has 16 heavy (non-hydrogen) atoms. The van der Waals surface area contributed by atoms with Crippen molar-refractivity contribution >= 4 is 0 Å². The summed E-state index contributed by atoms with van der Waals surface area (Å²) in [5, 5.41) is 0. The van der Waals surface area contributed by atoms with Gasteiger partial charge < -0.3 is 4.74 Å². The van der Waals surface area contributed by atoms with E-state index in [2.05, 4.69) is 9.72 Å². The van der Waals surface area contributed by atoms with Gasteiger partial charge in [-0.3, -0.25) is 0 Å². The maximum atomic E-state index is 11.8. The predicted molar refractivity (Wildman–Crippen MR) is 56.6 cm³/mol. The van der Waals surface area contributed by atoms with Crippen molar-refractivity contribution in [1.29, 1.82) is 0 Å². The Morgan fingerprint density at radius 1 is 1.25 bits per heavy atom. The lowest BCUT2D eigenvalue weighted by atomic mass is 10.2. The summed E-state index contributed by atoms with van der Waals surface area (Å²) in [5.41, 5.74) is 1.50. The number of alkyl halides is 3. The minimum Gasteiger partial charge on any atom is -0.468 e.